The predicted octanol–water partition coefficient (Wildman–Crippen LogP) is 4.85. The Hall–Kier alpha value is -2.49. The molecule has 4 nitrogen and oxygen atoms in total. The molecule has 1 aliphatic heterocycles. The van der Waals surface area contributed by atoms with Gasteiger partial charge < -0.3 is 15.2 Å². The number of nitrogens with zero attached hydrogens (tertiary/aromatic N) is 2. The van der Waals surface area contributed by atoms with Crippen molar-refractivity contribution in [3.8, 4) is 0 Å². The maximum absolute atomic E-state index is 4.59. The second-order valence-corrected chi connectivity index (χ2v) is 6.97. The number of aromatic nitrogens is 2. The van der Waals surface area contributed by atoms with Crippen LogP contribution in [0.2, 0.25) is 0 Å². The standard InChI is InChI=1S/C20H24N4/c1-14-5-10-18-19(12-14)23-20(22-18)21-16-6-8-17(9-7-16)24-11-3-4-15(2)13-24/h5-10,12,15H,3-4,11,13H2,1-2H3,(H2,21,22,23). The van der Waals surface area contributed by atoms with Crippen molar-refractivity contribution in [1.82, 2.24) is 9.97 Å². The third-order valence-corrected chi connectivity index (χ3v) is 4.79. The summed E-state index contributed by atoms with van der Waals surface area (Å²) in [4.78, 5) is 10.4. The SMILES string of the molecule is Cc1ccc2nc(Nc3ccc(N4CCCC(C)C4)cc3)[nH]c2c1. The van der Waals surface area contributed by atoms with Crippen molar-refractivity contribution in [2.45, 2.75) is 26.7 Å². The number of nitrogens with one attached hydrogen (secondary N) is 2. The lowest BCUT2D eigenvalue weighted by Gasteiger charge is -2.32. The van der Waals surface area contributed by atoms with Crippen LogP contribution in [0, 0.1) is 12.8 Å². The smallest absolute Gasteiger partial charge is 0.205 e. The van der Waals surface area contributed by atoms with Gasteiger partial charge >= 0.3 is 0 Å². The molecule has 1 fully saturated rings. The van der Waals surface area contributed by atoms with Gasteiger partial charge in [0.2, 0.25) is 5.95 Å². The first-order valence-corrected chi connectivity index (χ1v) is 8.76. The largest absolute Gasteiger partial charge is 0.371 e. The lowest BCUT2D eigenvalue weighted by molar-refractivity contribution is 0.447. The fourth-order valence-electron chi connectivity index (χ4n) is 3.50. The maximum atomic E-state index is 4.59. The Labute approximate surface area is 142 Å². The molecular formula is C20H24N4. The minimum atomic E-state index is 0.787. The van der Waals surface area contributed by atoms with E-state index >= 15 is 0 Å². The van der Waals surface area contributed by atoms with Gasteiger partial charge in [0.05, 0.1) is 11.0 Å². The topological polar surface area (TPSA) is 44.0 Å². The number of piperidine rings is 1. The summed E-state index contributed by atoms with van der Waals surface area (Å²) in [5, 5.41) is 3.37. The van der Waals surface area contributed by atoms with Gasteiger partial charge in [0.1, 0.15) is 0 Å². The van der Waals surface area contributed by atoms with Crippen LogP contribution in [0.25, 0.3) is 11.0 Å². The zero-order chi connectivity index (χ0) is 16.5. The number of benzene rings is 2. The zero-order valence-corrected chi connectivity index (χ0v) is 14.3. The van der Waals surface area contributed by atoms with Crippen molar-refractivity contribution >= 4 is 28.4 Å². The van der Waals surface area contributed by atoms with Crippen molar-refractivity contribution in [2.75, 3.05) is 23.3 Å². The van der Waals surface area contributed by atoms with Crippen molar-refractivity contribution in [2.24, 2.45) is 5.92 Å². The van der Waals surface area contributed by atoms with Gasteiger partial charge in [-0.05, 0) is 67.6 Å². The molecule has 4 heteroatoms. The van der Waals surface area contributed by atoms with E-state index in [1.54, 1.807) is 0 Å². The average molecular weight is 320 g/mol. The van der Waals surface area contributed by atoms with Crippen molar-refractivity contribution < 1.29 is 0 Å². The fraction of sp³-hybridized carbons (Fsp3) is 0.350. The Kier molecular flexibility index (Phi) is 3.89. The highest BCUT2D eigenvalue weighted by Gasteiger charge is 2.16. The first kappa shape index (κ1) is 15.1. The zero-order valence-electron chi connectivity index (χ0n) is 14.3. The van der Waals surface area contributed by atoms with E-state index in [1.165, 1.54) is 30.6 Å². The Morgan fingerprint density at radius 1 is 1.17 bits per heavy atom. The van der Waals surface area contributed by atoms with Crippen LogP contribution >= 0.6 is 0 Å². The molecule has 2 aromatic carbocycles. The minimum Gasteiger partial charge on any atom is -0.371 e. The van der Waals surface area contributed by atoms with Crippen LogP contribution in [0.5, 0.6) is 0 Å². The van der Waals surface area contributed by atoms with Crippen LogP contribution < -0.4 is 10.2 Å². The van der Waals surface area contributed by atoms with Crippen molar-refractivity contribution in [3.63, 3.8) is 0 Å². The highest BCUT2D eigenvalue weighted by molar-refractivity contribution is 5.79. The van der Waals surface area contributed by atoms with E-state index in [1.807, 2.05) is 6.07 Å². The number of hydrogen-bond donors (Lipinski definition) is 2. The Bertz CT molecular complexity index is 834. The molecule has 0 bridgehead atoms. The van der Waals surface area contributed by atoms with Crippen molar-refractivity contribution in [3.05, 3.63) is 48.0 Å². The molecule has 0 saturated carbocycles. The number of aromatic amines is 1. The lowest BCUT2D eigenvalue weighted by Crippen LogP contribution is -2.34. The third kappa shape index (κ3) is 3.09. The monoisotopic (exact) mass is 320 g/mol. The van der Waals surface area contributed by atoms with E-state index in [9.17, 15) is 0 Å². The van der Waals surface area contributed by atoms with Crippen LogP contribution in [0.1, 0.15) is 25.3 Å². The Balaban J connectivity index is 1.50. The summed E-state index contributed by atoms with van der Waals surface area (Å²) < 4.78 is 0. The molecule has 24 heavy (non-hydrogen) atoms. The third-order valence-electron chi connectivity index (χ3n) is 4.79. The minimum absolute atomic E-state index is 0.787. The van der Waals surface area contributed by atoms with Gasteiger partial charge in [-0.2, -0.15) is 0 Å². The molecule has 1 saturated heterocycles. The first-order chi connectivity index (χ1) is 11.7. The molecule has 124 valence electrons. The summed E-state index contributed by atoms with van der Waals surface area (Å²) in [6, 6.07) is 14.9. The Morgan fingerprint density at radius 2 is 2.00 bits per heavy atom. The first-order valence-electron chi connectivity index (χ1n) is 8.76. The molecule has 1 aromatic heterocycles. The molecule has 2 heterocycles. The summed E-state index contributed by atoms with van der Waals surface area (Å²) in [6.45, 7) is 6.76. The van der Waals surface area contributed by atoms with E-state index in [0.29, 0.717) is 0 Å². The number of imidazole rings is 1. The van der Waals surface area contributed by atoms with Gasteiger partial charge in [0.15, 0.2) is 0 Å². The van der Waals surface area contributed by atoms with Gasteiger partial charge in [-0.15, -0.1) is 0 Å². The van der Waals surface area contributed by atoms with Gasteiger partial charge in [0.25, 0.3) is 0 Å². The molecule has 0 aliphatic carbocycles. The summed E-state index contributed by atoms with van der Waals surface area (Å²) in [5.74, 6) is 1.57. The highest BCUT2D eigenvalue weighted by Crippen LogP contribution is 2.25. The van der Waals surface area contributed by atoms with Crippen LogP contribution in [-0.2, 0) is 0 Å². The fourth-order valence-corrected chi connectivity index (χ4v) is 3.50. The van der Waals surface area contributed by atoms with Gasteiger partial charge in [0, 0.05) is 24.5 Å². The lowest BCUT2D eigenvalue weighted by atomic mass is 10.00. The van der Waals surface area contributed by atoms with Gasteiger partial charge in [-0.25, -0.2) is 4.98 Å². The molecule has 0 amide bonds. The molecule has 0 radical (unpaired) electrons. The second-order valence-electron chi connectivity index (χ2n) is 6.97. The van der Waals surface area contributed by atoms with Crippen LogP contribution in [0.3, 0.4) is 0 Å². The van der Waals surface area contributed by atoms with Gasteiger partial charge in [-0.1, -0.05) is 13.0 Å². The quantitative estimate of drug-likeness (QED) is 0.725. The molecule has 1 aliphatic rings. The van der Waals surface area contributed by atoms with E-state index in [0.717, 1.165) is 35.1 Å². The van der Waals surface area contributed by atoms with E-state index in [4.69, 9.17) is 0 Å². The number of anilines is 3. The summed E-state index contributed by atoms with van der Waals surface area (Å²) in [6.07, 6.45) is 2.64. The second kappa shape index (κ2) is 6.19. The van der Waals surface area contributed by atoms with E-state index < -0.39 is 0 Å². The molecule has 1 unspecified atom stereocenters. The van der Waals surface area contributed by atoms with Crippen LogP contribution in [0.15, 0.2) is 42.5 Å². The molecule has 4 rings (SSSR count). The van der Waals surface area contributed by atoms with Gasteiger partial charge in [-0.3, -0.25) is 0 Å². The number of rotatable bonds is 3. The van der Waals surface area contributed by atoms with E-state index in [2.05, 4.69) is 70.4 Å². The molecule has 3 aromatic rings. The highest BCUT2D eigenvalue weighted by atomic mass is 15.1. The van der Waals surface area contributed by atoms with Crippen LogP contribution in [0.4, 0.5) is 17.3 Å². The van der Waals surface area contributed by atoms with Crippen molar-refractivity contribution in [1.29, 1.82) is 0 Å². The number of fused-ring (bicyclic) bond motifs is 1. The predicted molar refractivity (Wildman–Crippen MR) is 101 cm³/mol. The number of aryl methyl sites for hydroxylation is 1. The summed E-state index contributed by atoms with van der Waals surface area (Å²) >= 11 is 0. The molecule has 1 atom stereocenters. The van der Waals surface area contributed by atoms with Crippen LogP contribution in [-0.4, -0.2) is 23.1 Å². The maximum Gasteiger partial charge on any atom is 0.205 e. The summed E-state index contributed by atoms with van der Waals surface area (Å²) in [7, 11) is 0. The van der Waals surface area contributed by atoms with E-state index in [-0.39, 0.29) is 0 Å². The average Bonchev–Trinajstić information content (AvgIpc) is 2.97. The normalized spacial score (nSPS) is 18.1. The Morgan fingerprint density at radius 3 is 2.79 bits per heavy atom. The molecule has 2 N–H and O–H groups in total. The molecule has 0 spiro atoms. The molecular weight excluding hydrogens is 296 g/mol. The summed E-state index contributed by atoms with van der Waals surface area (Å²) in [5.41, 5.74) is 5.66. The number of hydrogen-bond acceptors (Lipinski definition) is 3. The number of H-pyrrole nitrogens is 1.